The number of carbonyl (C=O) groups excluding carboxylic acids is 2. The van der Waals surface area contributed by atoms with Crippen molar-refractivity contribution >= 4 is 17.6 Å². The number of carbonyl (C=O) groups is 2. The highest BCUT2D eigenvalue weighted by Crippen LogP contribution is 2.29. The second-order valence-corrected chi connectivity index (χ2v) is 6.39. The lowest BCUT2D eigenvalue weighted by atomic mass is 10.0. The van der Waals surface area contributed by atoms with Crippen molar-refractivity contribution in [2.45, 2.75) is 6.04 Å². The summed E-state index contributed by atoms with van der Waals surface area (Å²) in [5.41, 5.74) is 1.64. The molecule has 0 radical (unpaired) electrons. The number of aromatic hydroxyl groups is 1. The van der Waals surface area contributed by atoms with Gasteiger partial charge in [0.2, 0.25) is 5.91 Å². The SMILES string of the molecule is CNC(=O)NC(=O)[C@H](c1ccccc1)N1CCN(c2ccccc2O)CC1. The predicted octanol–water partition coefficient (Wildman–Crippen LogP) is 1.71. The number of anilines is 1. The molecule has 0 saturated carbocycles. The average Bonchev–Trinajstić information content (AvgIpc) is 2.70. The van der Waals surface area contributed by atoms with Gasteiger partial charge in [0, 0.05) is 33.2 Å². The Morgan fingerprint density at radius 1 is 0.963 bits per heavy atom. The minimum Gasteiger partial charge on any atom is -0.506 e. The number of hydrogen-bond donors (Lipinski definition) is 3. The highest BCUT2D eigenvalue weighted by atomic mass is 16.3. The zero-order valence-corrected chi connectivity index (χ0v) is 15.3. The van der Waals surface area contributed by atoms with Gasteiger partial charge < -0.3 is 15.3 Å². The number of benzene rings is 2. The van der Waals surface area contributed by atoms with Gasteiger partial charge in [-0.05, 0) is 17.7 Å². The summed E-state index contributed by atoms with van der Waals surface area (Å²) in [6.07, 6.45) is 0. The summed E-state index contributed by atoms with van der Waals surface area (Å²) in [5, 5.41) is 14.9. The summed E-state index contributed by atoms with van der Waals surface area (Å²) >= 11 is 0. The van der Waals surface area contributed by atoms with Crippen LogP contribution in [0.5, 0.6) is 5.75 Å². The van der Waals surface area contributed by atoms with Crippen molar-refractivity contribution in [3.8, 4) is 5.75 Å². The maximum absolute atomic E-state index is 12.8. The topological polar surface area (TPSA) is 84.9 Å². The first-order valence-corrected chi connectivity index (χ1v) is 8.94. The molecule has 27 heavy (non-hydrogen) atoms. The molecule has 0 bridgehead atoms. The van der Waals surface area contributed by atoms with Crippen LogP contribution in [-0.4, -0.2) is 55.2 Å². The normalized spacial score (nSPS) is 15.8. The van der Waals surface area contributed by atoms with Crippen LogP contribution in [0.1, 0.15) is 11.6 Å². The molecule has 1 fully saturated rings. The van der Waals surface area contributed by atoms with Crippen molar-refractivity contribution in [1.82, 2.24) is 15.5 Å². The highest BCUT2D eigenvalue weighted by molar-refractivity contribution is 5.97. The molecule has 3 amide bonds. The van der Waals surface area contributed by atoms with Gasteiger partial charge in [0.25, 0.3) is 0 Å². The van der Waals surface area contributed by atoms with Gasteiger partial charge in [-0.15, -0.1) is 0 Å². The van der Waals surface area contributed by atoms with Crippen LogP contribution in [0, 0.1) is 0 Å². The van der Waals surface area contributed by atoms with Crippen LogP contribution >= 0.6 is 0 Å². The van der Waals surface area contributed by atoms with E-state index in [9.17, 15) is 14.7 Å². The molecule has 2 aromatic rings. The van der Waals surface area contributed by atoms with Gasteiger partial charge in [0.15, 0.2) is 0 Å². The molecule has 0 spiro atoms. The molecular formula is C20H24N4O3. The highest BCUT2D eigenvalue weighted by Gasteiger charge is 2.31. The Hall–Kier alpha value is -3.06. The number of urea groups is 1. The number of para-hydroxylation sites is 2. The summed E-state index contributed by atoms with van der Waals surface area (Å²) in [6.45, 7) is 2.62. The summed E-state index contributed by atoms with van der Waals surface area (Å²) in [4.78, 5) is 28.5. The lowest BCUT2D eigenvalue weighted by Crippen LogP contribution is -2.52. The van der Waals surface area contributed by atoms with Crippen LogP contribution in [0.25, 0.3) is 0 Å². The largest absolute Gasteiger partial charge is 0.506 e. The van der Waals surface area contributed by atoms with Crippen LogP contribution in [-0.2, 0) is 4.79 Å². The monoisotopic (exact) mass is 368 g/mol. The Morgan fingerprint density at radius 2 is 1.59 bits per heavy atom. The fraction of sp³-hybridized carbons (Fsp3) is 0.300. The first kappa shape index (κ1) is 18.7. The molecule has 3 rings (SSSR count). The molecule has 2 aromatic carbocycles. The fourth-order valence-electron chi connectivity index (χ4n) is 3.36. The van der Waals surface area contributed by atoms with E-state index in [-0.39, 0.29) is 11.7 Å². The van der Waals surface area contributed by atoms with Crippen LogP contribution in [0.15, 0.2) is 54.6 Å². The molecule has 142 valence electrons. The van der Waals surface area contributed by atoms with E-state index in [0.717, 1.165) is 11.3 Å². The van der Waals surface area contributed by atoms with E-state index >= 15 is 0 Å². The first-order chi connectivity index (χ1) is 13.1. The van der Waals surface area contributed by atoms with Crippen molar-refractivity contribution in [1.29, 1.82) is 0 Å². The number of piperazine rings is 1. The number of amides is 3. The summed E-state index contributed by atoms with van der Waals surface area (Å²) in [7, 11) is 1.48. The van der Waals surface area contributed by atoms with Gasteiger partial charge in [-0.2, -0.15) is 0 Å². The van der Waals surface area contributed by atoms with Gasteiger partial charge in [-0.3, -0.25) is 15.0 Å². The number of phenols is 1. The zero-order chi connectivity index (χ0) is 19.2. The summed E-state index contributed by atoms with van der Waals surface area (Å²) < 4.78 is 0. The molecule has 1 saturated heterocycles. The van der Waals surface area contributed by atoms with Gasteiger partial charge in [0.05, 0.1) is 5.69 Å². The molecule has 1 heterocycles. The van der Waals surface area contributed by atoms with E-state index in [0.29, 0.717) is 26.2 Å². The van der Waals surface area contributed by atoms with E-state index < -0.39 is 12.1 Å². The Kier molecular flexibility index (Phi) is 5.93. The molecule has 7 heteroatoms. The van der Waals surface area contributed by atoms with Crippen LogP contribution < -0.4 is 15.5 Å². The number of nitrogens with one attached hydrogen (secondary N) is 2. The van der Waals surface area contributed by atoms with Crippen molar-refractivity contribution < 1.29 is 14.7 Å². The van der Waals surface area contributed by atoms with Crippen molar-refractivity contribution in [3.05, 3.63) is 60.2 Å². The Morgan fingerprint density at radius 3 is 2.22 bits per heavy atom. The molecule has 7 nitrogen and oxygen atoms in total. The number of imide groups is 1. The second kappa shape index (κ2) is 8.55. The van der Waals surface area contributed by atoms with Gasteiger partial charge in [-0.25, -0.2) is 4.79 Å². The average molecular weight is 368 g/mol. The van der Waals surface area contributed by atoms with E-state index in [1.165, 1.54) is 7.05 Å². The molecule has 1 atom stereocenters. The van der Waals surface area contributed by atoms with Gasteiger partial charge >= 0.3 is 6.03 Å². The Bertz CT molecular complexity index is 789. The smallest absolute Gasteiger partial charge is 0.321 e. The third-order valence-electron chi connectivity index (χ3n) is 4.73. The Balaban J connectivity index is 1.75. The minimum atomic E-state index is -0.546. The van der Waals surface area contributed by atoms with Gasteiger partial charge in [0.1, 0.15) is 11.8 Å². The minimum absolute atomic E-state index is 0.253. The lowest BCUT2D eigenvalue weighted by Gasteiger charge is -2.39. The third kappa shape index (κ3) is 4.38. The van der Waals surface area contributed by atoms with E-state index in [4.69, 9.17) is 0 Å². The fourth-order valence-corrected chi connectivity index (χ4v) is 3.36. The number of hydrogen-bond acceptors (Lipinski definition) is 5. The van der Waals surface area contributed by atoms with Crippen LogP contribution in [0.2, 0.25) is 0 Å². The molecule has 0 aliphatic carbocycles. The van der Waals surface area contributed by atoms with E-state index in [1.807, 2.05) is 42.5 Å². The first-order valence-electron chi connectivity index (χ1n) is 8.94. The predicted molar refractivity (Wildman–Crippen MR) is 104 cm³/mol. The molecule has 1 aliphatic rings. The van der Waals surface area contributed by atoms with Crippen LogP contribution in [0.3, 0.4) is 0 Å². The quantitative estimate of drug-likeness (QED) is 0.765. The maximum atomic E-state index is 12.8. The molecule has 3 N–H and O–H groups in total. The number of rotatable bonds is 4. The van der Waals surface area contributed by atoms with Crippen molar-refractivity contribution in [2.24, 2.45) is 0 Å². The standard InChI is InChI=1S/C20H24N4O3/c1-21-20(27)22-19(26)18(15-7-3-2-4-8-15)24-13-11-23(12-14-24)16-9-5-6-10-17(16)25/h2-10,18,25H,11-14H2,1H3,(H2,21,22,26,27)/t18-/m0/s1. The van der Waals surface area contributed by atoms with E-state index in [2.05, 4.69) is 20.4 Å². The lowest BCUT2D eigenvalue weighted by molar-refractivity contribution is -0.125. The zero-order valence-electron chi connectivity index (χ0n) is 15.3. The van der Waals surface area contributed by atoms with Gasteiger partial charge in [-0.1, -0.05) is 42.5 Å². The Labute approximate surface area is 158 Å². The van der Waals surface area contributed by atoms with Crippen LogP contribution in [0.4, 0.5) is 10.5 Å². The third-order valence-corrected chi connectivity index (χ3v) is 4.73. The maximum Gasteiger partial charge on any atom is 0.321 e. The van der Waals surface area contributed by atoms with Crippen molar-refractivity contribution in [2.75, 3.05) is 38.1 Å². The summed E-state index contributed by atoms with van der Waals surface area (Å²) in [5.74, 6) is -0.0977. The number of nitrogens with zero attached hydrogens (tertiary/aromatic N) is 2. The summed E-state index contributed by atoms with van der Waals surface area (Å²) in [6, 6.07) is 15.6. The second-order valence-electron chi connectivity index (χ2n) is 6.39. The molecule has 0 aromatic heterocycles. The molecule has 0 unspecified atom stereocenters. The number of phenolic OH excluding ortho intramolecular Hbond substituents is 1. The molecule has 1 aliphatic heterocycles. The van der Waals surface area contributed by atoms with E-state index in [1.54, 1.807) is 12.1 Å². The molecular weight excluding hydrogens is 344 g/mol. The van der Waals surface area contributed by atoms with Crippen molar-refractivity contribution in [3.63, 3.8) is 0 Å².